The third kappa shape index (κ3) is 4.12. The molecule has 126 valence electrons. The van der Waals surface area contributed by atoms with Crippen LogP contribution >= 0.6 is 0 Å². The predicted octanol–water partition coefficient (Wildman–Crippen LogP) is 2.93. The first-order valence-electron chi connectivity index (χ1n) is 8.41. The summed E-state index contributed by atoms with van der Waals surface area (Å²) in [6.45, 7) is 7.71. The lowest BCUT2D eigenvalue weighted by atomic mass is 9.87. The zero-order valence-corrected chi connectivity index (χ0v) is 14.7. The molecular formula is C19H28N2O2. The summed E-state index contributed by atoms with van der Waals surface area (Å²) in [7, 11) is 1.77. The van der Waals surface area contributed by atoms with Gasteiger partial charge in [-0.3, -0.25) is 9.59 Å². The second-order valence-electron chi connectivity index (χ2n) is 7.27. The standard InChI is InChI=1S/C19H28N2O2/c1-15-9-8-12-21(13-15)18(23)19(2,3)17(22)20(4)14-16-10-6-5-7-11-16/h5-7,10-11,15H,8-9,12-14H2,1-4H3. The number of rotatable bonds is 4. The molecule has 1 aliphatic heterocycles. The average Bonchev–Trinajstić information content (AvgIpc) is 2.54. The highest BCUT2D eigenvalue weighted by Crippen LogP contribution is 2.26. The van der Waals surface area contributed by atoms with Gasteiger partial charge in [-0.25, -0.2) is 0 Å². The van der Waals surface area contributed by atoms with Crippen molar-refractivity contribution in [3.05, 3.63) is 35.9 Å². The molecule has 0 aliphatic carbocycles. The molecule has 1 atom stereocenters. The van der Waals surface area contributed by atoms with Crippen molar-refractivity contribution in [3.8, 4) is 0 Å². The fourth-order valence-electron chi connectivity index (χ4n) is 3.27. The lowest BCUT2D eigenvalue weighted by Gasteiger charge is -2.37. The molecule has 23 heavy (non-hydrogen) atoms. The molecule has 1 heterocycles. The zero-order chi connectivity index (χ0) is 17.0. The molecule has 1 aromatic rings. The molecule has 0 radical (unpaired) electrons. The summed E-state index contributed by atoms with van der Waals surface area (Å²) < 4.78 is 0. The van der Waals surface area contributed by atoms with Gasteiger partial charge in [0, 0.05) is 26.7 Å². The Labute approximate surface area is 139 Å². The van der Waals surface area contributed by atoms with Gasteiger partial charge in [0.05, 0.1) is 0 Å². The van der Waals surface area contributed by atoms with E-state index in [-0.39, 0.29) is 11.8 Å². The van der Waals surface area contributed by atoms with Crippen LogP contribution in [-0.4, -0.2) is 41.8 Å². The summed E-state index contributed by atoms with van der Waals surface area (Å²) in [4.78, 5) is 29.2. The molecule has 0 N–H and O–H groups in total. The fraction of sp³-hybridized carbons (Fsp3) is 0.579. The Morgan fingerprint density at radius 1 is 1.26 bits per heavy atom. The highest BCUT2D eigenvalue weighted by Gasteiger charge is 2.41. The van der Waals surface area contributed by atoms with E-state index in [0.29, 0.717) is 12.5 Å². The first-order chi connectivity index (χ1) is 10.8. The van der Waals surface area contributed by atoms with E-state index in [1.165, 1.54) is 0 Å². The van der Waals surface area contributed by atoms with E-state index in [4.69, 9.17) is 0 Å². The third-order valence-electron chi connectivity index (χ3n) is 4.62. The fourth-order valence-corrected chi connectivity index (χ4v) is 3.27. The van der Waals surface area contributed by atoms with E-state index < -0.39 is 5.41 Å². The van der Waals surface area contributed by atoms with Crippen molar-refractivity contribution in [1.29, 1.82) is 0 Å². The minimum atomic E-state index is -1.01. The molecule has 1 fully saturated rings. The maximum atomic E-state index is 12.8. The van der Waals surface area contributed by atoms with Gasteiger partial charge in [0.15, 0.2) is 0 Å². The second kappa shape index (κ2) is 7.16. The number of piperidine rings is 1. The molecule has 0 spiro atoms. The number of amides is 2. The summed E-state index contributed by atoms with van der Waals surface area (Å²) in [5, 5.41) is 0. The van der Waals surface area contributed by atoms with Crippen LogP contribution in [0.4, 0.5) is 0 Å². The van der Waals surface area contributed by atoms with Crippen molar-refractivity contribution in [2.45, 2.75) is 40.2 Å². The molecule has 4 nitrogen and oxygen atoms in total. The summed E-state index contributed by atoms with van der Waals surface area (Å²) in [6, 6.07) is 9.85. The van der Waals surface area contributed by atoms with Gasteiger partial charge in [0.1, 0.15) is 5.41 Å². The van der Waals surface area contributed by atoms with Crippen LogP contribution in [0.25, 0.3) is 0 Å². The zero-order valence-electron chi connectivity index (χ0n) is 14.7. The van der Waals surface area contributed by atoms with Crippen LogP contribution in [0, 0.1) is 11.3 Å². The number of hydrogen-bond donors (Lipinski definition) is 0. The van der Waals surface area contributed by atoms with Crippen molar-refractivity contribution >= 4 is 11.8 Å². The molecule has 2 amide bonds. The first-order valence-corrected chi connectivity index (χ1v) is 8.41. The molecule has 1 aliphatic rings. The maximum Gasteiger partial charge on any atom is 0.237 e. The Kier molecular flexibility index (Phi) is 5.45. The van der Waals surface area contributed by atoms with Gasteiger partial charge < -0.3 is 9.80 Å². The topological polar surface area (TPSA) is 40.6 Å². The van der Waals surface area contributed by atoms with Crippen LogP contribution < -0.4 is 0 Å². The molecule has 2 rings (SSSR count). The SMILES string of the molecule is CC1CCCN(C(=O)C(C)(C)C(=O)N(C)Cc2ccccc2)C1. The van der Waals surface area contributed by atoms with Gasteiger partial charge in [-0.15, -0.1) is 0 Å². The number of hydrogen-bond acceptors (Lipinski definition) is 2. The Hall–Kier alpha value is -1.84. The highest BCUT2D eigenvalue weighted by atomic mass is 16.2. The molecule has 1 saturated heterocycles. The van der Waals surface area contributed by atoms with Crippen LogP contribution in [-0.2, 0) is 16.1 Å². The van der Waals surface area contributed by atoms with E-state index in [2.05, 4.69) is 6.92 Å². The Morgan fingerprint density at radius 3 is 2.52 bits per heavy atom. The van der Waals surface area contributed by atoms with Crippen molar-refractivity contribution in [2.75, 3.05) is 20.1 Å². The summed E-state index contributed by atoms with van der Waals surface area (Å²) in [5.74, 6) is 0.346. The third-order valence-corrected chi connectivity index (χ3v) is 4.62. The van der Waals surface area contributed by atoms with Gasteiger partial charge in [0.25, 0.3) is 0 Å². The van der Waals surface area contributed by atoms with Gasteiger partial charge >= 0.3 is 0 Å². The molecule has 1 aromatic carbocycles. The Balaban J connectivity index is 2.04. The average molecular weight is 316 g/mol. The monoisotopic (exact) mass is 316 g/mol. The molecular weight excluding hydrogens is 288 g/mol. The van der Waals surface area contributed by atoms with E-state index in [9.17, 15) is 9.59 Å². The maximum absolute atomic E-state index is 12.8. The van der Waals surface area contributed by atoms with Crippen molar-refractivity contribution < 1.29 is 9.59 Å². The predicted molar refractivity (Wildman–Crippen MR) is 91.7 cm³/mol. The minimum Gasteiger partial charge on any atom is -0.342 e. The number of nitrogens with zero attached hydrogens (tertiary/aromatic N) is 2. The summed E-state index contributed by atoms with van der Waals surface area (Å²) in [5.41, 5.74) is 0.0545. The normalized spacial score (nSPS) is 18.6. The number of carbonyl (C=O) groups excluding carboxylic acids is 2. The van der Waals surface area contributed by atoms with Crippen LogP contribution in [0.2, 0.25) is 0 Å². The number of likely N-dealkylation sites (tertiary alicyclic amines) is 1. The number of benzene rings is 1. The van der Waals surface area contributed by atoms with Crippen LogP contribution in [0.5, 0.6) is 0 Å². The molecule has 0 aromatic heterocycles. The second-order valence-corrected chi connectivity index (χ2v) is 7.27. The van der Waals surface area contributed by atoms with Crippen molar-refractivity contribution in [2.24, 2.45) is 11.3 Å². The van der Waals surface area contributed by atoms with E-state index >= 15 is 0 Å². The first kappa shape index (κ1) is 17.5. The van der Waals surface area contributed by atoms with Gasteiger partial charge in [-0.1, -0.05) is 37.3 Å². The van der Waals surface area contributed by atoms with E-state index in [0.717, 1.165) is 31.5 Å². The molecule has 0 bridgehead atoms. The minimum absolute atomic E-state index is 0.0473. The van der Waals surface area contributed by atoms with E-state index in [1.807, 2.05) is 35.2 Å². The smallest absolute Gasteiger partial charge is 0.237 e. The summed E-state index contributed by atoms with van der Waals surface area (Å²) >= 11 is 0. The highest BCUT2D eigenvalue weighted by molar-refractivity contribution is 6.04. The van der Waals surface area contributed by atoms with E-state index in [1.54, 1.807) is 25.8 Å². The number of carbonyl (C=O) groups is 2. The van der Waals surface area contributed by atoms with Gasteiger partial charge in [-0.05, 0) is 38.2 Å². The van der Waals surface area contributed by atoms with Gasteiger partial charge in [-0.2, -0.15) is 0 Å². The summed E-state index contributed by atoms with van der Waals surface area (Å²) in [6.07, 6.45) is 2.18. The van der Waals surface area contributed by atoms with Gasteiger partial charge in [0.2, 0.25) is 11.8 Å². The lowest BCUT2D eigenvalue weighted by molar-refractivity contribution is -0.154. The largest absolute Gasteiger partial charge is 0.342 e. The lowest BCUT2D eigenvalue weighted by Crippen LogP contribution is -2.52. The molecule has 1 unspecified atom stereocenters. The van der Waals surface area contributed by atoms with Crippen LogP contribution in [0.1, 0.15) is 39.2 Å². The van der Waals surface area contributed by atoms with Crippen molar-refractivity contribution in [3.63, 3.8) is 0 Å². The quantitative estimate of drug-likeness (QED) is 0.801. The Morgan fingerprint density at radius 2 is 1.91 bits per heavy atom. The van der Waals surface area contributed by atoms with Crippen LogP contribution in [0.3, 0.4) is 0 Å². The van der Waals surface area contributed by atoms with Crippen molar-refractivity contribution in [1.82, 2.24) is 9.80 Å². The molecule has 4 heteroatoms. The molecule has 0 saturated carbocycles. The van der Waals surface area contributed by atoms with Crippen LogP contribution in [0.15, 0.2) is 30.3 Å². The Bertz CT molecular complexity index is 554.